The quantitative estimate of drug-likeness (QED) is 0.666. The summed E-state index contributed by atoms with van der Waals surface area (Å²) in [5.41, 5.74) is 4.38. The van der Waals surface area contributed by atoms with Gasteiger partial charge in [0.1, 0.15) is 0 Å². The third kappa shape index (κ3) is 2.82. The Morgan fingerprint density at radius 3 is 2.82 bits per heavy atom. The minimum atomic E-state index is 0.844. The zero-order valence-electron chi connectivity index (χ0n) is 11.0. The van der Waals surface area contributed by atoms with Gasteiger partial charge in [-0.1, -0.05) is 48.3 Å². The van der Waals surface area contributed by atoms with E-state index in [1.807, 2.05) is 0 Å². The molecule has 1 aliphatic carbocycles. The highest BCUT2D eigenvalue weighted by Gasteiger charge is 2.22. The van der Waals surface area contributed by atoms with Gasteiger partial charge >= 0.3 is 0 Å². The largest absolute Gasteiger partial charge is 0.0804 e. The Morgan fingerprint density at radius 1 is 1.35 bits per heavy atom. The highest BCUT2D eigenvalue weighted by molar-refractivity contribution is 9.10. The number of allylic oxidation sites excluding steroid dienone is 2. The number of rotatable bonds is 2. The van der Waals surface area contributed by atoms with Crippen molar-refractivity contribution in [2.24, 2.45) is 11.8 Å². The Bertz CT molecular complexity index is 431. The number of halogens is 1. The van der Waals surface area contributed by atoms with Gasteiger partial charge in [0.15, 0.2) is 0 Å². The standard InChI is InChI=1S/C16H21Br/c1-4-13-9-14(7-5-11(13)2)16-10-15(17)8-6-12(16)3/h6-8,10-11,13H,4-5,9H2,1-3H3. The van der Waals surface area contributed by atoms with Crippen molar-refractivity contribution in [3.05, 3.63) is 39.9 Å². The summed E-state index contributed by atoms with van der Waals surface area (Å²) in [6.07, 6.45) is 6.23. The van der Waals surface area contributed by atoms with E-state index in [0.29, 0.717) is 0 Å². The van der Waals surface area contributed by atoms with E-state index in [1.54, 1.807) is 5.57 Å². The molecular formula is C16H21Br. The first-order valence-corrected chi connectivity index (χ1v) is 7.36. The SMILES string of the molecule is CCC1CC(c2cc(Br)ccc2C)=CCC1C. The Balaban J connectivity index is 2.31. The molecule has 1 aromatic rings. The van der Waals surface area contributed by atoms with Gasteiger partial charge in [0.25, 0.3) is 0 Å². The molecule has 0 N–H and O–H groups in total. The van der Waals surface area contributed by atoms with E-state index >= 15 is 0 Å². The molecule has 0 bridgehead atoms. The lowest BCUT2D eigenvalue weighted by molar-refractivity contribution is 0.345. The lowest BCUT2D eigenvalue weighted by Gasteiger charge is -2.28. The summed E-state index contributed by atoms with van der Waals surface area (Å²) >= 11 is 3.58. The molecule has 92 valence electrons. The summed E-state index contributed by atoms with van der Waals surface area (Å²) in [4.78, 5) is 0. The van der Waals surface area contributed by atoms with Gasteiger partial charge in [0.2, 0.25) is 0 Å². The van der Waals surface area contributed by atoms with Gasteiger partial charge in [-0.2, -0.15) is 0 Å². The highest BCUT2D eigenvalue weighted by Crippen LogP contribution is 2.37. The molecule has 0 spiro atoms. The second-order valence-corrected chi connectivity index (χ2v) is 6.19. The van der Waals surface area contributed by atoms with Crippen molar-refractivity contribution in [3.8, 4) is 0 Å². The maximum atomic E-state index is 3.58. The van der Waals surface area contributed by atoms with Crippen molar-refractivity contribution in [1.29, 1.82) is 0 Å². The molecule has 0 fully saturated rings. The van der Waals surface area contributed by atoms with Gasteiger partial charge in [0, 0.05) is 4.47 Å². The van der Waals surface area contributed by atoms with Crippen LogP contribution >= 0.6 is 15.9 Å². The average molecular weight is 293 g/mol. The van der Waals surface area contributed by atoms with Gasteiger partial charge in [0.05, 0.1) is 0 Å². The fraction of sp³-hybridized carbons (Fsp3) is 0.500. The van der Waals surface area contributed by atoms with Crippen molar-refractivity contribution in [2.75, 3.05) is 0 Å². The third-order valence-corrected chi connectivity index (χ3v) is 4.59. The molecule has 1 aliphatic rings. The van der Waals surface area contributed by atoms with Crippen molar-refractivity contribution < 1.29 is 0 Å². The van der Waals surface area contributed by atoms with Crippen molar-refractivity contribution in [3.63, 3.8) is 0 Å². The number of hydrogen-bond donors (Lipinski definition) is 0. The monoisotopic (exact) mass is 292 g/mol. The normalized spacial score (nSPS) is 24.6. The lowest BCUT2D eigenvalue weighted by Crippen LogP contribution is -2.15. The van der Waals surface area contributed by atoms with Crippen LogP contribution in [0.25, 0.3) is 5.57 Å². The maximum Gasteiger partial charge on any atom is 0.0181 e. The van der Waals surface area contributed by atoms with Gasteiger partial charge in [-0.25, -0.2) is 0 Å². The van der Waals surface area contributed by atoms with Crippen LogP contribution in [0.2, 0.25) is 0 Å². The summed E-state index contributed by atoms with van der Waals surface area (Å²) in [6, 6.07) is 6.60. The lowest BCUT2D eigenvalue weighted by atomic mass is 9.77. The van der Waals surface area contributed by atoms with E-state index in [2.05, 4.69) is 61.0 Å². The summed E-state index contributed by atoms with van der Waals surface area (Å²) in [7, 11) is 0. The van der Waals surface area contributed by atoms with Crippen LogP contribution in [0.3, 0.4) is 0 Å². The molecule has 0 radical (unpaired) electrons. The molecule has 0 aromatic heterocycles. The van der Waals surface area contributed by atoms with E-state index in [9.17, 15) is 0 Å². The predicted octanol–water partition coefficient (Wildman–Crippen LogP) is 5.60. The van der Waals surface area contributed by atoms with Crippen LogP contribution in [0, 0.1) is 18.8 Å². The topological polar surface area (TPSA) is 0 Å². The Hall–Kier alpha value is -0.560. The van der Waals surface area contributed by atoms with E-state index in [0.717, 1.165) is 11.8 Å². The molecule has 0 amide bonds. The van der Waals surface area contributed by atoms with Gasteiger partial charge in [-0.3, -0.25) is 0 Å². The molecule has 1 heteroatoms. The molecule has 0 heterocycles. The average Bonchev–Trinajstić information content (AvgIpc) is 2.33. The Kier molecular flexibility index (Phi) is 4.09. The number of benzene rings is 1. The molecule has 17 heavy (non-hydrogen) atoms. The van der Waals surface area contributed by atoms with Crippen LogP contribution in [0.4, 0.5) is 0 Å². The molecule has 2 rings (SSSR count). The predicted molar refractivity (Wildman–Crippen MR) is 79.0 cm³/mol. The van der Waals surface area contributed by atoms with E-state index in [4.69, 9.17) is 0 Å². The molecular weight excluding hydrogens is 272 g/mol. The smallest absolute Gasteiger partial charge is 0.0181 e. The first kappa shape index (κ1) is 12.9. The summed E-state index contributed by atoms with van der Waals surface area (Å²) in [6.45, 7) is 6.91. The minimum absolute atomic E-state index is 0.844. The second kappa shape index (κ2) is 5.39. The molecule has 0 saturated heterocycles. The summed E-state index contributed by atoms with van der Waals surface area (Å²) in [5.74, 6) is 1.70. The molecule has 0 aliphatic heterocycles. The molecule has 0 nitrogen and oxygen atoms in total. The third-order valence-electron chi connectivity index (χ3n) is 4.09. The van der Waals surface area contributed by atoms with Crippen LogP contribution in [0.5, 0.6) is 0 Å². The maximum absolute atomic E-state index is 3.58. The molecule has 0 saturated carbocycles. The fourth-order valence-electron chi connectivity index (χ4n) is 2.79. The molecule has 1 aromatic carbocycles. The van der Waals surface area contributed by atoms with Crippen LogP contribution < -0.4 is 0 Å². The Morgan fingerprint density at radius 2 is 2.12 bits per heavy atom. The van der Waals surface area contributed by atoms with E-state index in [-0.39, 0.29) is 0 Å². The first-order valence-electron chi connectivity index (χ1n) is 6.57. The molecule has 2 unspecified atom stereocenters. The Labute approximate surface area is 113 Å². The zero-order valence-corrected chi connectivity index (χ0v) is 12.5. The van der Waals surface area contributed by atoms with Crippen LogP contribution in [0.1, 0.15) is 44.2 Å². The van der Waals surface area contributed by atoms with Crippen LogP contribution in [0.15, 0.2) is 28.7 Å². The fourth-order valence-corrected chi connectivity index (χ4v) is 3.16. The van der Waals surface area contributed by atoms with E-state index < -0.39 is 0 Å². The van der Waals surface area contributed by atoms with Crippen molar-refractivity contribution >= 4 is 21.5 Å². The van der Waals surface area contributed by atoms with Gasteiger partial charge < -0.3 is 0 Å². The van der Waals surface area contributed by atoms with E-state index in [1.165, 1.54) is 34.9 Å². The summed E-state index contributed by atoms with van der Waals surface area (Å²) in [5, 5.41) is 0. The second-order valence-electron chi connectivity index (χ2n) is 5.27. The number of aryl methyl sites for hydroxylation is 1. The van der Waals surface area contributed by atoms with Crippen LogP contribution in [-0.2, 0) is 0 Å². The molecule has 2 atom stereocenters. The highest BCUT2D eigenvalue weighted by atomic mass is 79.9. The summed E-state index contributed by atoms with van der Waals surface area (Å²) < 4.78 is 1.19. The van der Waals surface area contributed by atoms with Crippen molar-refractivity contribution in [1.82, 2.24) is 0 Å². The van der Waals surface area contributed by atoms with Gasteiger partial charge in [-0.05, 0) is 60.4 Å². The minimum Gasteiger partial charge on any atom is -0.0804 e. The van der Waals surface area contributed by atoms with Crippen molar-refractivity contribution in [2.45, 2.75) is 40.0 Å². The zero-order chi connectivity index (χ0) is 12.4. The van der Waals surface area contributed by atoms with Gasteiger partial charge in [-0.15, -0.1) is 0 Å². The van der Waals surface area contributed by atoms with Crippen LogP contribution in [-0.4, -0.2) is 0 Å². The first-order chi connectivity index (χ1) is 8.11. The number of hydrogen-bond acceptors (Lipinski definition) is 0.